The Morgan fingerprint density at radius 2 is 2.25 bits per heavy atom. The lowest BCUT2D eigenvalue weighted by Gasteiger charge is -2.12. The largest absolute Gasteiger partial charge is 0.496 e. The van der Waals surface area contributed by atoms with E-state index in [2.05, 4.69) is 11.2 Å². The molecule has 1 aromatic carbocycles. The van der Waals surface area contributed by atoms with E-state index in [4.69, 9.17) is 11.2 Å². The van der Waals surface area contributed by atoms with Crippen molar-refractivity contribution in [1.82, 2.24) is 5.32 Å². The molecule has 1 amide bonds. The predicted molar refractivity (Wildman–Crippen MR) is 63.4 cm³/mol. The van der Waals surface area contributed by atoms with Crippen LogP contribution >= 0.6 is 0 Å². The first kappa shape index (κ1) is 12.1. The Hall–Kier alpha value is -1.95. The number of para-hydroxylation sites is 1. The van der Waals surface area contributed by atoms with Crippen molar-refractivity contribution in [2.24, 2.45) is 0 Å². The zero-order chi connectivity index (χ0) is 12.0. The van der Waals surface area contributed by atoms with Crippen LogP contribution in [-0.2, 0) is 0 Å². The van der Waals surface area contributed by atoms with Crippen LogP contribution in [0.5, 0.6) is 5.75 Å². The van der Waals surface area contributed by atoms with Gasteiger partial charge < -0.3 is 10.1 Å². The lowest BCUT2D eigenvalue weighted by Crippen LogP contribution is -2.32. The standard InChI is InChI=1S/C13H15NO2/c1-4-7-10(2)14-13(15)11-8-5-6-9-12(11)16-3/h1,5-6,8-10H,7H2,2-3H3,(H,14,15). The third kappa shape index (κ3) is 3.03. The summed E-state index contributed by atoms with van der Waals surface area (Å²) in [6.45, 7) is 1.87. The third-order valence-electron chi connectivity index (χ3n) is 2.15. The van der Waals surface area contributed by atoms with Crippen LogP contribution in [0.2, 0.25) is 0 Å². The van der Waals surface area contributed by atoms with Gasteiger partial charge in [0.1, 0.15) is 5.75 Å². The fourth-order valence-electron chi connectivity index (χ4n) is 1.36. The summed E-state index contributed by atoms with van der Waals surface area (Å²) in [6.07, 6.45) is 5.69. The van der Waals surface area contributed by atoms with Crippen LogP contribution in [0, 0.1) is 12.3 Å². The Kier molecular flexibility index (Phi) is 4.41. The fraction of sp³-hybridized carbons (Fsp3) is 0.308. The van der Waals surface area contributed by atoms with Crippen molar-refractivity contribution in [3.8, 4) is 18.1 Å². The first-order valence-corrected chi connectivity index (χ1v) is 5.06. The number of hydrogen-bond acceptors (Lipinski definition) is 2. The number of ether oxygens (including phenoxy) is 1. The molecule has 0 aliphatic rings. The number of carbonyl (C=O) groups excluding carboxylic acids is 1. The highest BCUT2D eigenvalue weighted by Gasteiger charge is 2.12. The van der Waals surface area contributed by atoms with Crippen molar-refractivity contribution < 1.29 is 9.53 Å². The van der Waals surface area contributed by atoms with Gasteiger partial charge in [-0.1, -0.05) is 12.1 Å². The maximum Gasteiger partial charge on any atom is 0.255 e. The molecule has 0 heterocycles. The monoisotopic (exact) mass is 217 g/mol. The van der Waals surface area contributed by atoms with Gasteiger partial charge in [-0.2, -0.15) is 0 Å². The molecule has 0 fully saturated rings. The van der Waals surface area contributed by atoms with Crippen molar-refractivity contribution in [2.75, 3.05) is 7.11 Å². The van der Waals surface area contributed by atoms with Gasteiger partial charge in [-0.25, -0.2) is 0 Å². The second-order valence-corrected chi connectivity index (χ2v) is 3.48. The number of benzene rings is 1. The summed E-state index contributed by atoms with van der Waals surface area (Å²) in [5.41, 5.74) is 0.522. The first-order valence-electron chi connectivity index (χ1n) is 5.06. The van der Waals surface area contributed by atoms with E-state index in [0.717, 1.165) is 0 Å². The molecule has 0 bridgehead atoms. The summed E-state index contributed by atoms with van der Waals surface area (Å²) in [6, 6.07) is 7.05. The maximum atomic E-state index is 11.8. The van der Waals surface area contributed by atoms with E-state index in [-0.39, 0.29) is 11.9 Å². The van der Waals surface area contributed by atoms with Crippen molar-refractivity contribution >= 4 is 5.91 Å². The number of nitrogens with one attached hydrogen (secondary N) is 1. The molecule has 84 valence electrons. The van der Waals surface area contributed by atoms with Crippen molar-refractivity contribution in [3.05, 3.63) is 29.8 Å². The van der Waals surface area contributed by atoms with Gasteiger partial charge in [-0.3, -0.25) is 4.79 Å². The maximum absolute atomic E-state index is 11.8. The van der Waals surface area contributed by atoms with Crippen LogP contribution in [0.15, 0.2) is 24.3 Å². The molecule has 0 saturated carbocycles. The molecule has 3 heteroatoms. The Bertz CT molecular complexity index is 407. The van der Waals surface area contributed by atoms with E-state index < -0.39 is 0 Å². The first-order chi connectivity index (χ1) is 7.69. The zero-order valence-electron chi connectivity index (χ0n) is 9.49. The molecule has 0 radical (unpaired) electrons. The molecule has 0 saturated heterocycles. The van der Waals surface area contributed by atoms with Gasteiger partial charge in [-0.15, -0.1) is 12.3 Å². The summed E-state index contributed by atoms with van der Waals surface area (Å²) in [5, 5.41) is 2.81. The minimum absolute atomic E-state index is 0.0394. The molecular weight excluding hydrogens is 202 g/mol. The van der Waals surface area contributed by atoms with E-state index >= 15 is 0 Å². The number of hydrogen-bond donors (Lipinski definition) is 1. The summed E-state index contributed by atoms with van der Waals surface area (Å²) in [5.74, 6) is 2.90. The molecule has 16 heavy (non-hydrogen) atoms. The van der Waals surface area contributed by atoms with Crippen LogP contribution in [0.25, 0.3) is 0 Å². The molecule has 0 spiro atoms. The Morgan fingerprint density at radius 3 is 2.88 bits per heavy atom. The summed E-state index contributed by atoms with van der Waals surface area (Å²) < 4.78 is 5.11. The molecule has 1 atom stereocenters. The SMILES string of the molecule is C#CCC(C)NC(=O)c1ccccc1OC. The van der Waals surface area contributed by atoms with E-state index in [1.54, 1.807) is 18.2 Å². The van der Waals surface area contributed by atoms with Crippen LogP contribution in [0.1, 0.15) is 23.7 Å². The Morgan fingerprint density at radius 1 is 1.56 bits per heavy atom. The molecule has 1 aromatic rings. The van der Waals surface area contributed by atoms with Crippen LogP contribution in [0.4, 0.5) is 0 Å². The lowest BCUT2D eigenvalue weighted by molar-refractivity contribution is 0.0938. The minimum atomic E-state index is -0.166. The van der Waals surface area contributed by atoms with Gasteiger partial charge >= 0.3 is 0 Å². The van der Waals surface area contributed by atoms with Crippen LogP contribution in [-0.4, -0.2) is 19.1 Å². The molecule has 0 aromatic heterocycles. The van der Waals surface area contributed by atoms with Crippen molar-refractivity contribution in [1.29, 1.82) is 0 Å². The Labute approximate surface area is 95.8 Å². The molecular formula is C13H15NO2. The quantitative estimate of drug-likeness (QED) is 0.781. The summed E-state index contributed by atoms with van der Waals surface area (Å²) in [7, 11) is 1.54. The smallest absolute Gasteiger partial charge is 0.255 e. The molecule has 1 unspecified atom stereocenters. The highest BCUT2D eigenvalue weighted by atomic mass is 16.5. The molecule has 1 N–H and O–H groups in total. The Balaban J connectivity index is 2.77. The fourth-order valence-corrected chi connectivity index (χ4v) is 1.36. The molecule has 0 aliphatic heterocycles. The van der Waals surface area contributed by atoms with Crippen LogP contribution in [0.3, 0.4) is 0 Å². The number of methoxy groups -OCH3 is 1. The second kappa shape index (κ2) is 5.82. The highest BCUT2D eigenvalue weighted by Crippen LogP contribution is 2.17. The van der Waals surface area contributed by atoms with E-state index in [1.807, 2.05) is 13.0 Å². The summed E-state index contributed by atoms with van der Waals surface area (Å²) in [4.78, 5) is 11.8. The van der Waals surface area contributed by atoms with Gasteiger partial charge in [0.05, 0.1) is 12.7 Å². The van der Waals surface area contributed by atoms with Gasteiger partial charge in [-0.05, 0) is 19.1 Å². The van der Waals surface area contributed by atoms with Gasteiger partial charge in [0, 0.05) is 12.5 Å². The predicted octanol–water partition coefficient (Wildman–Crippen LogP) is 1.84. The number of carbonyl (C=O) groups is 1. The van der Waals surface area contributed by atoms with Crippen molar-refractivity contribution in [3.63, 3.8) is 0 Å². The number of rotatable bonds is 4. The van der Waals surface area contributed by atoms with Gasteiger partial charge in [0.15, 0.2) is 0 Å². The zero-order valence-corrected chi connectivity index (χ0v) is 9.49. The average molecular weight is 217 g/mol. The third-order valence-corrected chi connectivity index (χ3v) is 2.15. The second-order valence-electron chi connectivity index (χ2n) is 3.48. The minimum Gasteiger partial charge on any atom is -0.496 e. The van der Waals surface area contributed by atoms with Gasteiger partial charge in [0.2, 0.25) is 0 Å². The van der Waals surface area contributed by atoms with E-state index in [1.165, 1.54) is 7.11 Å². The topological polar surface area (TPSA) is 38.3 Å². The molecule has 1 rings (SSSR count). The van der Waals surface area contributed by atoms with Crippen LogP contribution < -0.4 is 10.1 Å². The molecule has 3 nitrogen and oxygen atoms in total. The lowest BCUT2D eigenvalue weighted by atomic mass is 10.1. The normalized spacial score (nSPS) is 11.3. The van der Waals surface area contributed by atoms with Gasteiger partial charge in [0.25, 0.3) is 5.91 Å². The number of amides is 1. The average Bonchev–Trinajstić information content (AvgIpc) is 2.29. The van der Waals surface area contributed by atoms with E-state index in [9.17, 15) is 4.79 Å². The number of terminal acetylenes is 1. The summed E-state index contributed by atoms with van der Waals surface area (Å²) >= 11 is 0. The molecule has 0 aliphatic carbocycles. The van der Waals surface area contributed by atoms with Crippen molar-refractivity contribution in [2.45, 2.75) is 19.4 Å². The van der Waals surface area contributed by atoms with E-state index in [0.29, 0.717) is 17.7 Å². The highest BCUT2D eigenvalue weighted by molar-refractivity contribution is 5.97.